The summed E-state index contributed by atoms with van der Waals surface area (Å²) in [6.45, 7) is 19.7. The topological polar surface area (TPSA) is 80.9 Å². The van der Waals surface area contributed by atoms with Crippen LogP contribution in [0.25, 0.3) is 0 Å². The number of hydrogen-bond donors (Lipinski definition) is 4. The van der Waals surface area contributed by atoms with Crippen molar-refractivity contribution in [3.05, 3.63) is 0 Å². The van der Waals surface area contributed by atoms with Crippen molar-refractivity contribution in [3.63, 3.8) is 0 Å². The van der Waals surface area contributed by atoms with Crippen molar-refractivity contribution in [1.82, 2.24) is 0 Å². The fourth-order valence-corrected chi connectivity index (χ4v) is 9.30. The van der Waals surface area contributed by atoms with Crippen molar-refractivity contribution < 1.29 is 20.4 Å². The third kappa shape index (κ3) is 6.66. The molecule has 0 aromatic heterocycles. The first-order chi connectivity index (χ1) is 17.6. The average Bonchev–Trinajstić information content (AvgIpc) is 3.48. The van der Waals surface area contributed by atoms with Crippen LogP contribution in [0.3, 0.4) is 0 Å². The first-order valence-corrected chi connectivity index (χ1v) is 16.3. The van der Waals surface area contributed by atoms with E-state index in [9.17, 15) is 0 Å². The second kappa shape index (κ2) is 12.8. The molecule has 6 aliphatic rings. The second-order valence-electron chi connectivity index (χ2n) is 15.8. The summed E-state index contributed by atoms with van der Waals surface area (Å²) in [5.41, 5.74) is 1.95. The maximum absolute atomic E-state index is 8.93. The molecule has 0 amide bonds. The van der Waals surface area contributed by atoms with E-state index in [1.165, 1.54) is 32.1 Å². The SMILES string of the molecule is CC1CC2CC1C(C)C2(C)C.CC1CC2CCC1(C)C2(C)C.OC1CCCCC1O.OC1CCCCC1O. The molecule has 4 bridgehead atoms. The van der Waals surface area contributed by atoms with Gasteiger partial charge in [0.2, 0.25) is 0 Å². The molecule has 6 rings (SSSR count). The van der Waals surface area contributed by atoms with Gasteiger partial charge in [-0.3, -0.25) is 0 Å². The molecule has 6 aliphatic carbocycles. The van der Waals surface area contributed by atoms with Crippen LogP contribution in [-0.4, -0.2) is 44.8 Å². The van der Waals surface area contributed by atoms with E-state index in [1.807, 2.05) is 0 Å². The number of hydrogen-bond acceptors (Lipinski definition) is 4. The molecule has 0 saturated heterocycles. The first kappa shape index (κ1) is 32.4. The van der Waals surface area contributed by atoms with Gasteiger partial charge in [-0.25, -0.2) is 0 Å². The predicted molar refractivity (Wildman–Crippen MR) is 158 cm³/mol. The summed E-state index contributed by atoms with van der Waals surface area (Å²) >= 11 is 0. The maximum atomic E-state index is 8.93. The molecule has 0 radical (unpaired) electrons. The van der Waals surface area contributed by atoms with Gasteiger partial charge in [0.05, 0.1) is 24.4 Å². The van der Waals surface area contributed by atoms with Crippen LogP contribution >= 0.6 is 0 Å². The molecule has 4 N–H and O–H groups in total. The monoisotopic (exact) mass is 536 g/mol. The summed E-state index contributed by atoms with van der Waals surface area (Å²) in [5.74, 6) is 6.07. The molecule has 11 unspecified atom stereocenters. The first-order valence-electron chi connectivity index (χ1n) is 16.3. The minimum atomic E-state index is -0.441. The molecule has 0 aromatic rings. The Morgan fingerprint density at radius 2 is 1.00 bits per heavy atom. The molecular formula is C34H64O4. The molecule has 0 aliphatic heterocycles. The molecule has 0 spiro atoms. The third-order valence-corrected chi connectivity index (χ3v) is 13.4. The summed E-state index contributed by atoms with van der Waals surface area (Å²) < 4.78 is 0. The van der Waals surface area contributed by atoms with Crippen LogP contribution in [0, 0.1) is 51.8 Å². The highest BCUT2D eigenvalue weighted by molar-refractivity contribution is 5.08. The summed E-state index contributed by atoms with van der Waals surface area (Å²) in [4.78, 5) is 0. The van der Waals surface area contributed by atoms with Crippen LogP contribution in [0.1, 0.15) is 139 Å². The largest absolute Gasteiger partial charge is 0.390 e. The number of rotatable bonds is 0. The van der Waals surface area contributed by atoms with Gasteiger partial charge in [0.15, 0.2) is 0 Å². The zero-order valence-electron chi connectivity index (χ0n) is 26.3. The van der Waals surface area contributed by atoms with Crippen molar-refractivity contribution in [1.29, 1.82) is 0 Å². The summed E-state index contributed by atoms with van der Waals surface area (Å²) in [5, 5.41) is 35.7. The lowest BCUT2D eigenvalue weighted by Gasteiger charge is -2.38. The Bertz CT molecular complexity index is 690. The highest BCUT2D eigenvalue weighted by Crippen LogP contribution is 2.67. The fraction of sp³-hybridized carbons (Fsp3) is 1.00. The van der Waals surface area contributed by atoms with Crippen LogP contribution in [0.2, 0.25) is 0 Å². The van der Waals surface area contributed by atoms with E-state index in [1.54, 1.807) is 0 Å². The standard InChI is InChI=1S/2C11H20.2C6H12O2/c1-7-5-9-6-10(7)8(2)11(9,3)4;1-8-7-9-5-6-11(8,4)10(9,2)3;2*7-5-3-1-2-4-6(5)8/h7-10H,5-6H2,1-4H3;8-9H,5-7H2,1-4H3;2*5-8H,1-4H2. The lowest BCUT2D eigenvalue weighted by Crippen LogP contribution is -2.31. The Morgan fingerprint density at radius 1 is 0.553 bits per heavy atom. The number of fused-ring (bicyclic) bond motifs is 4. The summed E-state index contributed by atoms with van der Waals surface area (Å²) in [6.07, 6.45) is 13.1. The Labute approximate surface area is 235 Å². The molecule has 0 heterocycles. The van der Waals surface area contributed by atoms with Gasteiger partial charge in [-0.15, -0.1) is 0 Å². The number of aliphatic hydroxyl groups excluding tert-OH is 4. The minimum absolute atomic E-state index is 0.441. The third-order valence-electron chi connectivity index (χ3n) is 13.4. The van der Waals surface area contributed by atoms with Crippen LogP contribution < -0.4 is 0 Å². The van der Waals surface area contributed by atoms with E-state index in [4.69, 9.17) is 20.4 Å². The smallest absolute Gasteiger partial charge is 0.0799 e. The Balaban J connectivity index is 0.000000142. The van der Waals surface area contributed by atoms with Crippen LogP contribution in [0.4, 0.5) is 0 Å². The molecule has 38 heavy (non-hydrogen) atoms. The lowest BCUT2D eigenvalue weighted by atomic mass is 9.67. The van der Waals surface area contributed by atoms with E-state index >= 15 is 0 Å². The zero-order chi connectivity index (χ0) is 28.5. The van der Waals surface area contributed by atoms with Gasteiger partial charge in [-0.2, -0.15) is 0 Å². The Kier molecular flexibility index (Phi) is 10.9. The normalized spacial score (nSPS) is 47.7. The van der Waals surface area contributed by atoms with Crippen molar-refractivity contribution >= 4 is 0 Å². The lowest BCUT2D eigenvalue weighted by molar-refractivity contribution is -0.00865. The molecular weight excluding hydrogens is 472 g/mol. The van der Waals surface area contributed by atoms with Crippen LogP contribution in [-0.2, 0) is 0 Å². The van der Waals surface area contributed by atoms with Crippen LogP contribution in [0.15, 0.2) is 0 Å². The van der Waals surface area contributed by atoms with E-state index in [0.717, 1.165) is 86.9 Å². The maximum Gasteiger partial charge on any atom is 0.0799 e. The molecule has 11 atom stereocenters. The van der Waals surface area contributed by atoms with Crippen molar-refractivity contribution in [2.75, 3.05) is 0 Å². The van der Waals surface area contributed by atoms with E-state index in [2.05, 4.69) is 55.4 Å². The molecule has 224 valence electrons. The van der Waals surface area contributed by atoms with Gasteiger partial charge in [0.25, 0.3) is 0 Å². The average molecular weight is 537 g/mol. The fourth-order valence-electron chi connectivity index (χ4n) is 9.30. The molecule has 6 saturated carbocycles. The Morgan fingerprint density at radius 3 is 1.21 bits per heavy atom. The van der Waals surface area contributed by atoms with Gasteiger partial charge < -0.3 is 20.4 Å². The van der Waals surface area contributed by atoms with E-state index in [0.29, 0.717) is 16.2 Å². The highest BCUT2D eigenvalue weighted by atomic mass is 16.3. The van der Waals surface area contributed by atoms with Gasteiger partial charge in [0.1, 0.15) is 0 Å². The number of aliphatic hydroxyl groups is 4. The summed E-state index contributed by atoms with van der Waals surface area (Å²) in [7, 11) is 0. The Hall–Kier alpha value is -0.160. The van der Waals surface area contributed by atoms with Crippen molar-refractivity contribution in [3.8, 4) is 0 Å². The van der Waals surface area contributed by atoms with Crippen LogP contribution in [0.5, 0.6) is 0 Å². The van der Waals surface area contributed by atoms with Gasteiger partial charge >= 0.3 is 0 Å². The predicted octanol–water partition coefficient (Wildman–Crippen LogP) is 7.36. The minimum Gasteiger partial charge on any atom is -0.390 e. The van der Waals surface area contributed by atoms with E-state index < -0.39 is 24.4 Å². The van der Waals surface area contributed by atoms with Gasteiger partial charge in [-0.1, -0.05) is 81.1 Å². The van der Waals surface area contributed by atoms with Crippen molar-refractivity contribution in [2.24, 2.45) is 51.8 Å². The molecule has 4 nitrogen and oxygen atoms in total. The summed E-state index contributed by atoms with van der Waals surface area (Å²) in [6, 6.07) is 0. The van der Waals surface area contributed by atoms with Gasteiger partial charge in [-0.05, 0) is 110 Å². The zero-order valence-corrected chi connectivity index (χ0v) is 26.3. The molecule has 0 aromatic carbocycles. The quantitative estimate of drug-likeness (QED) is 0.261. The molecule has 6 fully saturated rings. The second-order valence-corrected chi connectivity index (χ2v) is 15.8. The van der Waals surface area contributed by atoms with E-state index in [-0.39, 0.29) is 0 Å². The molecule has 4 heteroatoms. The highest BCUT2D eigenvalue weighted by Gasteiger charge is 2.59. The van der Waals surface area contributed by atoms with Gasteiger partial charge in [0, 0.05) is 0 Å². The van der Waals surface area contributed by atoms with Crippen molar-refractivity contribution in [2.45, 2.75) is 163 Å².